The van der Waals surface area contributed by atoms with E-state index in [-0.39, 0.29) is 0 Å². The molecule has 1 aromatic carbocycles. The van der Waals surface area contributed by atoms with E-state index >= 15 is 0 Å². The van der Waals surface area contributed by atoms with Crippen LogP contribution in [-0.2, 0) is 13.1 Å². The molecule has 17 heavy (non-hydrogen) atoms. The van der Waals surface area contributed by atoms with Gasteiger partial charge in [0.15, 0.2) is 0 Å². The van der Waals surface area contributed by atoms with E-state index in [4.69, 9.17) is 16.7 Å². The van der Waals surface area contributed by atoms with Gasteiger partial charge in [-0.25, -0.2) is 0 Å². The highest BCUT2D eigenvalue weighted by Gasteiger charge is 2.03. The molecule has 0 amide bonds. The summed E-state index contributed by atoms with van der Waals surface area (Å²) in [6, 6.07) is 9.21. The lowest BCUT2D eigenvalue weighted by molar-refractivity contribution is 0.475. The molecule has 0 atom stereocenters. The zero-order chi connectivity index (χ0) is 12.3. The van der Waals surface area contributed by atoms with Gasteiger partial charge in [0.25, 0.3) is 0 Å². The Morgan fingerprint density at radius 2 is 1.94 bits per heavy atom. The molecule has 0 aliphatic rings. The van der Waals surface area contributed by atoms with Crippen LogP contribution in [0.1, 0.15) is 10.4 Å². The van der Waals surface area contributed by atoms with Crippen molar-refractivity contribution in [1.29, 1.82) is 0 Å². The van der Waals surface area contributed by atoms with Gasteiger partial charge in [-0.15, -0.1) is 11.3 Å². The third kappa shape index (κ3) is 3.71. The van der Waals surface area contributed by atoms with Gasteiger partial charge in [0.2, 0.25) is 0 Å². The first-order chi connectivity index (χ1) is 8.15. The maximum Gasteiger partial charge on any atom is 0.115 e. The second kappa shape index (κ2) is 5.87. The zero-order valence-electron chi connectivity index (χ0n) is 8.91. The molecule has 90 valence electrons. The molecule has 0 unspecified atom stereocenters. The number of thiophene rings is 1. The Labute approximate surface area is 117 Å². The van der Waals surface area contributed by atoms with E-state index in [1.165, 1.54) is 4.88 Å². The topological polar surface area (TPSA) is 32.3 Å². The van der Waals surface area contributed by atoms with Crippen LogP contribution in [0.2, 0.25) is 4.34 Å². The molecule has 2 rings (SSSR count). The van der Waals surface area contributed by atoms with Crippen LogP contribution in [0.25, 0.3) is 0 Å². The van der Waals surface area contributed by atoms with Gasteiger partial charge in [-0.3, -0.25) is 0 Å². The highest BCUT2D eigenvalue weighted by molar-refractivity contribution is 9.10. The molecule has 0 aliphatic carbocycles. The molecule has 2 aromatic rings. The molecule has 0 fully saturated rings. The summed E-state index contributed by atoms with van der Waals surface area (Å²) in [5, 5.41) is 12.5. The van der Waals surface area contributed by atoms with Gasteiger partial charge >= 0.3 is 0 Å². The first-order valence-electron chi connectivity index (χ1n) is 5.07. The minimum absolute atomic E-state index is 0.294. The summed E-state index contributed by atoms with van der Waals surface area (Å²) in [4.78, 5) is 1.20. The number of hydrogen-bond donors (Lipinski definition) is 2. The first kappa shape index (κ1) is 12.9. The standard InChI is InChI=1S/C12H11BrClNOS/c13-11-5-10(17-12(11)14)7-15-6-8-1-3-9(16)4-2-8/h1-5,15-16H,6-7H2. The SMILES string of the molecule is Oc1ccc(CNCc2cc(Br)c(Cl)s2)cc1. The number of phenolic OH excluding ortho intramolecular Hbond substituents is 1. The maximum absolute atomic E-state index is 9.15. The predicted octanol–water partition coefficient (Wildman–Crippen LogP) is 4.16. The molecule has 2 N–H and O–H groups in total. The average Bonchev–Trinajstić information content (AvgIpc) is 2.61. The second-order valence-corrected chi connectivity index (χ2v) is 6.20. The van der Waals surface area contributed by atoms with Crippen molar-refractivity contribution < 1.29 is 5.11 Å². The van der Waals surface area contributed by atoms with Crippen LogP contribution in [0.3, 0.4) is 0 Å². The molecule has 1 aromatic heterocycles. The highest BCUT2D eigenvalue weighted by Crippen LogP contribution is 2.31. The van der Waals surface area contributed by atoms with Crippen molar-refractivity contribution in [2.75, 3.05) is 0 Å². The van der Waals surface area contributed by atoms with Crippen molar-refractivity contribution in [2.24, 2.45) is 0 Å². The maximum atomic E-state index is 9.15. The summed E-state index contributed by atoms with van der Waals surface area (Å²) in [6.45, 7) is 1.56. The average molecular weight is 333 g/mol. The molecule has 1 heterocycles. The van der Waals surface area contributed by atoms with E-state index in [0.29, 0.717) is 5.75 Å². The third-order valence-corrected chi connectivity index (χ3v) is 4.74. The van der Waals surface area contributed by atoms with Crippen LogP contribution in [-0.4, -0.2) is 5.11 Å². The molecule has 0 spiro atoms. The fourth-order valence-corrected chi connectivity index (χ4v) is 3.18. The lowest BCUT2D eigenvalue weighted by Gasteiger charge is -2.03. The lowest BCUT2D eigenvalue weighted by Crippen LogP contribution is -2.11. The quantitative estimate of drug-likeness (QED) is 0.881. The van der Waals surface area contributed by atoms with E-state index in [9.17, 15) is 0 Å². The first-order valence-corrected chi connectivity index (χ1v) is 7.06. The molecule has 2 nitrogen and oxygen atoms in total. The van der Waals surface area contributed by atoms with Gasteiger partial charge in [-0.1, -0.05) is 23.7 Å². The molecule has 0 aliphatic heterocycles. The van der Waals surface area contributed by atoms with Crippen molar-refractivity contribution >= 4 is 38.9 Å². The van der Waals surface area contributed by atoms with Gasteiger partial charge in [0.05, 0.1) is 0 Å². The van der Waals surface area contributed by atoms with Gasteiger partial charge in [0.1, 0.15) is 10.1 Å². The third-order valence-electron chi connectivity index (χ3n) is 2.26. The van der Waals surface area contributed by atoms with E-state index in [1.54, 1.807) is 23.5 Å². The largest absolute Gasteiger partial charge is 0.508 e. The summed E-state index contributed by atoms with van der Waals surface area (Å²) in [7, 11) is 0. The van der Waals surface area contributed by atoms with Crippen LogP contribution in [0, 0.1) is 0 Å². The minimum atomic E-state index is 0.294. The Bertz CT molecular complexity index is 478. The van der Waals surface area contributed by atoms with Crippen LogP contribution in [0.15, 0.2) is 34.8 Å². The summed E-state index contributed by atoms with van der Waals surface area (Å²) in [5.74, 6) is 0.294. The smallest absolute Gasteiger partial charge is 0.115 e. The predicted molar refractivity (Wildman–Crippen MR) is 75.7 cm³/mol. The Hall–Kier alpha value is -0.550. The van der Waals surface area contributed by atoms with Crippen LogP contribution < -0.4 is 5.32 Å². The van der Waals surface area contributed by atoms with E-state index in [1.807, 2.05) is 18.2 Å². The van der Waals surface area contributed by atoms with Gasteiger partial charge in [0, 0.05) is 22.4 Å². The molecule has 5 heteroatoms. The fourth-order valence-electron chi connectivity index (χ4n) is 1.42. The number of benzene rings is 1. The van der Waals surface area contributed by atoms with Gasteiger partial charge < -0.3 is 10.4 Å². The van der Waals surface area contributed by atoms with Crippen molar-refractivity contribution in [3.63, 3.8) is 0 Å². The molecule has 0 saturated carbocycles. The molecule has 0 radical (unpaired) electrons. The molecule has 0 saturated heterocycles. The Balaban J connectivity index is 1.85. The molecular formula is C12H11BrClNOS. The summed E-state index contributed by atoms with van der Waals surface area (Å²) >= 11 is 10.9. The van der Waals surface area contributed by atoms with Crippen molar-refractivity contribution in [3.8, 4) is 5.75 Å². The lowest BCUT2D eigenvalue weighted by atomic mass is 10.2. The van der Waals surface area contributed by atoms with Crippen molar-refractivity contribution in [1.82, 2.24) is 5.32 Å². The highest BCUT2D eigenvalue weighted by atomic mass is 79.9. The number of halogens is 2. The number of phenols is 1. The van der Waals surface area contributed by atoms with E-state index in [0.717, 1.165) is 27.5 Å². The molecule has 0 bridgehead atoms. The molecular weight excluding hydrogens is 322 g/mol. The summed E-state index contributed by atoms with van der Waals surface area (Å²) in [6.07, 6.45) is 0. The Kier molecular flexibility index (Phi) is 4.45. The van der Waals surface area contributed by atoms with E-state index < -0.39 is 0 Å². The Morgan fingerprint density at radius 1 is 1.24 bits per heavy atom. The van der Waals surface area contributed by atoms with E-state index in [2.05, 4.69) is 21.2 Å². The minimum Gasteiger partial charge on any atom is -0.508 e. The van der Waals surface area contributed by atoms with Crippen molar-refractivity contribution in [2.45, 2.75) is 13.1 Å². The van der Waals surface area contributed by atoms with Crippen LogP contribution in [0.5, 0.6) is 5.75 Å². The van der Waals surface area contributed by atoms with Crippen LogP contribution >= 0.6 is 38.9 Å². The van der Waals surface area contributed by atoms with Gasteiger partial charge in [-0.2, -0.15) is 0 Å². The normalized spacial score (nSPS) is 10.7. The number of hydrogen-bond acceptors (Lipinski definition) is 3. The summed E-state index contributed by atoms with van der Waals surface area (Å²) < 4.78 is 1.73. The van der Waals surface area contributed by atoms with Crippen LogP contribution in [0.4, 0.5) is 0 Å². The number of aromatic hydroxyl groups is 1. The fraction of sp³-hybridized carbons (Fsp3) is 0.167. The van der Waals surface area contributed by atoms with Gasteiger partial charge in [-0.05, 0) is 39.7 Å². The zero-order valence-corrected chi connectivity index (χ0v) is 12.1. The Morgan fingerprint density at radius 3 is 2.53 bits per heavy atom. The summed E-state index contributed by atoms with van der Waals surface area (Å²) in [5.41, 5.74) is 1.14. The number of rotatable bonds is 4. The monoisotopic (exact) mass is 331 g/mol. The number of nitrogens with one attached hydrogen (secondary N) is 1. The second-order valence-electron chi connectivity index (χ2n) is 3.60. The van der Waals surface area contributed by atoms with Crippen molar-refractivity contribution in [3.05, 3.63) is 49.6 Å².